The highest BCUT2D eigenvalue weighted by atomic mass is 79.9. The number of hydrogen-bond donors (Lipinski definition) is 1. The summed E-state index contributed by atoms with van der Waals surface area (Å²) in [4.78, 5) is 0. The second-order valence-corrected chi connectivity index (χ2v) is 8.79. The van der Waals surface area contributed by atoms with Crippen molar-refractivity contribution in [2.75, 3.05) is 11.9 Å². The maximum atomic E-state index is 6.27. The first-order chi connectivity index (χ1) is 15.5. The Hall–Kier alpha value is -2.98. The maximum absolute atomic E-state index is 6.27. The van der Waals surface area contributed by atoms with Gasteiger partial charge in [0, 0.05) is 12.2 Å². The number of hydrogen-bond acceptors (Lipinski definition) is 3. The third-order valence-corrected chi connectivity index (χ3v) is 6.08. The Balaban J connectivity index is 1.54. The van der Waals surface area contributed by atoms with E-state index in [-0.39, 0.29) is 0 Å². The SMILES string of the molecule is CCOc1cc(CNc2ccc(C)cc2C)cc(Br)c1OCc1cccc2ccccc12. The zero-order valence-electron chi connectivity index (χ0n) is 18.7. The van der Waals surface area contributed by atoms with Gasteiger partial charge >= 0.3 is 0 Å². The molecule has 0 aliphatic rings. The molecule has 0 aliphatic carbocycles. The van der Waals surface area contributed by atoms with E-state index in [2.05, 4.69) is 108 Å². The molecule has 4 aromatic carbocycles. The Morgan fingerprint density at radius 3 is 2.50 bits per heavy atom. The molecule has 0 fully saturated rings. The van der Waals surface area contributed by atoms with E-state index in [1.807, 2.05) is 6.92 Å². The molecule has 0 atom stereocenters. The molecule has 164 valence electrons. The van der Waals surface area contributed by atoms with Crippen molar-refractivity contribution in [2.45, 2.75) is 33.9 Å². The van der Waals surface area contributed by atoms with Crippen molar-refractivity contribution in [3.05, 3.63) is 99.5 Å². The molecule has 0 heterocycles. The lowest BCUT2D eigenvalue weighted by Crippen LogP contribution is -2.05. The van der Waals surface area contributed by atoms with Gasteiger partial charge in [0.05, 0.1) is 11.1 Å². The molecule has 32 heavy (non-hydrogen) atoms. The fourth-order valence-corrected chi connectivity index (χ4v) is 4.51. The van der Waals surface area contributed by atoms with Gasteiger partial charge in [0.25, 0.3) is 0 Å². The molecule has 0 radical (unpaired) electrons. The first-order valence-corrected chi connectivity index (χ1v) is 11.7. The molecule has 4 heteroatoms. The van der Waals surface area contributed by atoms with E-state index in [0.29, 0.717) is 19.8 Å². The minimum Gasteiger partial charge on any atom is -0.490 e. The number of ether oxygens (including phenoxy) is 2. The highest BCUT2D eigenvalue weighted by Gasteiger charge is 2.14. The number of fused-ring (bicyclic) bond motifs is 1. The van der Waals surface area contributed by atoms with Gasteiger partial charge in [-0.1, -0.05) is 60.2 Å². The summed E-state index contributed by atoms with van der Waals surface area (Å²) in [6, 6.07) is 25.3. The lowest BCUT2D eigenvalue weighted by atomic mass is 10.1. The molecular weight excluding hydrogens is 462 g/mol. The summed E-state index contributed by atoms with van der Waals surface area (Å²) >= 11 is 3.71. The van der Waals surface area contributed by atoms with Gasteiger partial charge in [-0.3, -0.25) is 0 Å². The van der Waals surface area contributed by atoms with Crippen LogP contribution in [-0.4, -0.2) is 6.61 Å². The molecule has 4 aromatic rings. The molecule has 0 bridgehead atoms. The second-order valence-electron chi connectivity index (χ2n) is 7.94. The molecule has 0 saturated carbocycles. The van der Waals surface area contributed by atoms with Crippen molar-refractivity contribution in [1.29, 1.82) is 0 Å². The zero-order chi connectivity index (χ0) is 22.5. The number of rotatable bonds is 8. The van der Waals surface area contributed by atoms with Crippen LogP contribution >= 0.6 is 15.9 Å². The molecule has 4 rings (SSSR count). The maximum Gasteiger partial charge on any atom is 0.175 e. The monoisotopic (exact) mass is 489 g/mol. The molecule has 0 aliphatic heterocycles. The summed E-state index contributed by atoms with van der Waals surface area (Å²) in [5, 5.41) is 5.95. The van der Waals surface area contributed by atoms with E-state index in [0.717, 1.165) is 32.8 Å². The van der Waals surface area contributed by atoms with Crippen molar-refractivity contribution >= 4 is 32.4 Å². The van der Waals surface area contributed by atoms with Gasteiger partial charge in [0.2, 0.25) is 0 Å². The average Bonchev–Trinajstić information content (AvgIpc) is 2.78. The lowest BCUT2D eigenvalue weighted by Gasteiger charge is -2.17. The molecule has 0 spiro atoms. The zero-order valence-corrected chi connectivity index (χ0v) is 20.3. The summed E-state index contributed by atoms with van der Waals surface area (Å²) in [6.45, 7) is 7.97. The van der Waals surface area contributed by atoms with Crippen LogP contribution in [0, 0.1) is 13.8 Å². The summed E-state index contributed by atoms with van der Waals surface area (Å²) < 4.78 is 13.1. The molecule has 0 amide bonds. The Morgan fingerprint density at radius 1 is 0.875 bits per heavy atom. The van der Waals surface area contributed by atoms with Gasteiger partial charge in [-0.05, 0) is 82.4 Å². The average molecular weight is 490 g/mol. The number of anilines is 1. The fourth-order valence-electron chi connectivity index (χ4n) is 3.90. The van der Waals surface area contributed by atoms with Crippen LogP contribution < -0.4 is 14.8 Å². The van der Waals surface area contributed by atoms with E-state index in [4.69, 9.17) is 9.47 Å². The van der Waals surface area contributed by atoms with Gasteiger partial charge in [-0.2, -0.15) is 0 Å². The van der Waals surface area contributed by atoms with Gasteiger partial charge in [-0.25, -0.2) is 0 Å². The van der Waals surface area contributed by atoms with Crippen LogP contribution in [0.1, 0.15) is 29.2 Å². The van der Waals surface area contributed by atoms with E-state index in [1.54, 1.807) is 0 Å². The van der Waals surface area contributed by atoms with E-state index < -0.39 is 0 Å². The fraction of sp³-hybridized carbons (Fsp3) is 0.214. The molecule has 1 N–H and O–H groups in total. The molecule has 3 nitrogen and oxygen atoms in total. The Bertz CT molecular complexity index is 1230. The summed E-state index contributed by atoms with van der Waals surface area (Å²) in [5.41, 5.74) is 5.92. The standard InChI is InChI=1S/C28H28BrNO2/c1-4-31-27-16-21(17-30-26-13-12-19(2)14-20(26)3)15-25(29)28(27)32-18-23-10-7-9-22-8-5-6-11-24(22)23/h5-16,30H,4,17-18H2,1-3H3. The number of halogens is 1. The second kappa shape index (κ2) is 10.1. The quantitative estimate of drug-likeness (QED) is 0.273. The van der Waals surface area contributed by atoms with Crippen LogP contribution in [0.15, 0.2) is 77.3 Å². The number of nitrogens with one attached hydrogen (secondary N) is 1. The van der Waals surface area contributed by atoms with Crippen LogP contribution in [0.25, 0.3) is 10.8 Å². The van der Waals surface area contributed by atoms with Crippen molar-refractivity contribution in [3.8, 4) is 11.5 Å². The lowest BCUT2D eigenvalue weighted by molar-refractivity contribution is 0.268. The van der Waals surface area contributed by atoms with Crippen molar-refractivity contribution in [1.82, 2.24) is 0 Å². The predicted molar refractivity (Wildman–Crippen MR) is 137 cm³/mol. The van der Waals surface area contributed by atoms with Crippen molar-refractivity contribution < 1.29 is 9.47 Å². The smallest absolute Gasteiger partial charge is 0.175 e. The van der Waals surface area contributed by atoms with Crippen molar-refractivity contribution in [3.63, 3.8) is 0 Å². The minimum atomic E-state index is 0.472. The molecule has 0 aromatic heterocycles. The predicted octanol–water partition coefficient (Wildman–Crippen LogP) is 7.81. The normalized spacial score (nSPS) is 10.9. The Kier molecular flexibility index (Phi) is 7.01. The third-order valence-electron chi connectivity index (χ3n) is 5.49. The number of aryl methyl sites for hydroxylation is 2. The van der Waals surface area contributed by atoms with Gasteiger partial charge in [0.1, 0.15) is 6.61 Å². The largest absolute Gasteiger partial charge is 0.490 e. The first-order valence-electron chi connectivity index (χ1n) is 10.9. The van der Waals surface area contributed by atoms with Crippen molar-refractivity contribution in [2.24, 2.45) is 0 Å². The highest BCUT2D eigenvalue weighted by molar-refractivity contribution is 9.10. The van der Waals surface area contributed by atoms with Crippen LogP contribution in [0.3, 0.4) is 0 Å². The third kappa shape index (κ3) is 5.08. The Morgan fingerprint density at radius 2 is 1.69 bits per heavy atom. The van der Waals surface area contributed by atoms with E-state index in [1.165, 1.54) is 21.9 Å². The van der Waals surface area contributed by atoms with E-state index in [9.17, 15) is 0 Å². The molecular formula is C28H28BrNO2. The minimum absolute atomic E-state index is 0.472. The van der Waals surface area contributed by atoms with Crippen LogP contribution in [0.4, 0.5) is 5.69 Å². The molecule has 0 unspecified atom stereocenters. The topological polar surface area (TPSA) is 30.5 Å². The van der Waals surface area contributed by atoms with Gasteiger partial charge in [-0.15, -0.1) is 0 Å². The highest BCUT2D eigenvalue weighted by Crippen LogP contribution is 2.38. The van der Waals surface area contributed by atoms with Crippen LogP contribution in [-0.2, 0) is 13.2 Å². The summed E-state index contributed by atoms with van der Waals surface area (Å²) in [5.74, 6) is 1.48. The van der Waals surface area contributed by atoms with Gasteiger partial charge in [0.15, 0.2) is 11.5 Å². The summed E-state index contributed by atoms with van der Waals surface area (Å²) in [6.07, 6.45) is 0. The summed E-state index contributed by atoms with van der Waals surface area (Å²) in [7, 11) is 0. The Labute approximate surface area is 198 Å². The van der Waals surface area contributed by atoms with Gasteiger partial charge < -0.3 is 14.8 Å². The van der Waals surface area contributed by atoms with E-state index >= 15 is 0 Å². The first kappa shape index (κ1) is 22.2. The molecule has 0 saturated heterocycles. The number of benzene rings is 4. The van der Waals surface area contributed by atoms with Crippen LogP contribution in [0.2, 0.25) is 0 Å². The van der Waals surface area contributed by atoms with Crippen LogP contribution in [0.5, 0.6) is 11.5 Å².